The van der Waals surface area contributed by atoms with Gasteiger partial charge in [-0.3, -0.25) is 0 Å². The predicted molar refractivity (Wildman–Crippen MR) is 50.6 cm³/mol. The second-order valence-corrected chi connectivity index (χ2v) is 4.47. The molecule has 1 aromatic heterocycles. The van der Waals surface area contributed by atoms with Gasteiger partial charge in [-0.1, -0.05) is 26.8 Å². The molecule has 66 valence electrons. The Bertz CT molecular complexity index is 291. The summed E-state index contributed by atoms with van der Waals surface area (Å²) in [7, 11) is 0. The summed E-state index contributed by atoms with van der Waals surface area (Å²) < 4.78 is 13.2. The summed E-state index contributed by atoms with van der Waals surface area (Å²) in [5.41, 5.74) is 1.02. The zero-order valence-corrected chi connectivity index (χ0v) is 8.94. The number of hydrogen-bond acceptors (Lipinski definition) is 1. The van der Waals surface area contributed by atoms with E-state index in [1.54, 1.807) is 6.07 Å². The Morgan fingerprint density at radius 2 is 1.92 bits per heavy atom. The monoisotopic (exact) mass is 231 g/mol. The van der Waals surface area contributed by atoms with Crippen LogP contribution in [-0.2, 0) is 5.41 Å². The summed E-state index contributed by atoms with van der Waals surface area (Å²) in [4.78, 5) is 3.69. The third kappa shape index (κ3) is 2.03. The molecule has 3 heteroatoms. The van der Waals surface area contributed by atoms with E-state index >= 15 is 0 Å². The zero-order valence-electron chi connectivity index (χ0n) is 7.36. The zero-order chi connectivity index (χ0) is 9.35. The van der Waals surface area contributed by atoms with Crippen molar-refractivity contribution in [3.8, 4) is 0 Å². The number of halogens is 2. The van der Waals surface area contributed by atoms with Crippen molar-refractivity contribution in [2.75, 3.05) is 0 Å². The Labute approximate surface area is 80.1 Å². The highest BCUT2D eigenvalue weighted by atomic mass is 79.9. The molecule has 0 radical (unpaired) electrons. The van der Waals surface area contributed by atoms with Crippen LogP contribution in [0.5, 0.6) is 0 Å². The SMILES string of the molecule is CC(C)(C)c1ccc(F)nc1Br. The van der Waals surface area contributed by atoms with Gasteiger partial charge in [0.2, 0.25) is 5.95 Å². The molecule has 1 nitrogen and oxygen atoms in total. The molecule has 0 unspecified atom stereocenters. The van der Waals surface area contributed by atoms with Gasteiger partial charge in [-0.25, -0.2) is 4.98 Å². The molecule has 0 bridgehead atoms. The standard InChI is InChI=1S/C9H11BrFN/c1-9(2,3)6-4-5-7(11)12-8(6)10/h4-5H,1-3H3. The molecule has 0 atom stereocenters. The number of nitrogens with zero attached hydrogens (tertiary/aromatic N) is 1. The van der Waals surface area contributed by atoms with Gasteiger partial charge in [0.15, 0.2) is 0 Å². The molecule has 0 saturated heterocycles. The summed E-state index contributed by atoms with van der Waals surface area (Å²) in [5, 5.41) is 0. The molecule has 0 fully saturated rings. The molecule has 0 saturated carbocycles. The van der Waals surface area contributed by atoms with Crippen LogP contribution in [0, 0.1) is 5.95 Å². The minimum absolute atomic E-state index is 0.000463. The van der Waals surface area contributed by atoms with Crippen LogP contribution in [0.15, 0.2) is 16.7 Å². The highest BCUT2D eigenvalue weighted by Gasteiger charge is 2.17. The first-order chi connectivity index (χ1) is 5.41. The fourth-order valence-electron chi connectivity index (χ4n) is 0.972. The summed E-state index contributed by atoms with van der Waals surface area (Å²) in [6.07, 6.45) is 0. The Balaban J connectivity index is 3.19. The second kappa shape index (κ2) is 3.13. The van der Waals surface area contributed by atoms with E-state index < -0.39 is 5.95 Å². The lowest BCUT2D eigenvalue weighted by Gasteiger charge is -2.19. The minimum Gasteiger partial charge on any atom is -0.212 e. The van der Waals surface area contributed by atoms with E-state index in [2.05, 4.69) is 41.7 Å². The number of pyridine rings is 1. The van der Waals surface area contributed by atoms with Gasteiger partial charge in [-0.2, -0.15) is 4.39 Å². The van der Waals surface area contributed by atoms with Crippen LogP contribution in [0.3, 0.4) is 0 Å². The average molecular weight is 232 g/mol. The highest BCUT2D eigenvalue weighted by Crippen LogP contribution is 2.27. The Hall–Kier alpha value is -0.440. The van der Waals surface area contributed by atoms with Gasteiger partial charge < -0.3 is 0 Å². The van der Waals surface area contributed by atoms with Gasteiger partial charge in [0, 0.05) is 0 Å². The Morgan fingerprint density at radius 1 is 1.33 bits per heavy atom. The van der Waals surface area contributed by atoms with Crippen LogP contribution >= 0.6 is 15.9 Å². The van der Waals surface area contributed by atoms with E-state index in [0.717, 1.165) is 5.56 Å². The van der Waals surface area contributed by atoms with Crippen LogP contribution in [0.1, 0.15) is 26.3 Å². The molecule has 12 heavy (non-hydrogen) atoms. The van der Waals surface area contributed by atoms with E-state index in [9.17, 15) is 4.39 Å². The first kappa shape index (κ1) is 9.65. The number of aromatic nitrogens is 1. The highest BCUT2D eigenvalue weighted by molar-refractivity contribution is 9.10. The van der Waals surface area contributed by atoms with Gasteiger partial charge in [-0.15, -0.1) is 0 Å². The third-order valence-corrected chi connectivity index (χ3v) is 2.23. The van der Waals surface area contributed by atoms with Gasteiger partial charge >= 0.3 is 0 Å². The fraction of sp³-hybridized carbons (Fsp3) is 0.444. The molecule has 0 aromatic carbocycles. The van der Waals surface area contributed by atoms with Gasteiger partial charge in [0.25, 0.3) is 0 Å². The molecule has 0 N–H and O–H groups in total. The van der Waals surface area contributed by atoms with Crippen LogP contribution in [0.25, 0.3) is 0 Å². The molecule has 1 aromatic rings. The van der Waals surface area contributed by atoms with Crippen molar-refractivity contribution in [3.63, 3.8) is 0 Å². The third-order valence-electron chi connectivity index (χ3n) is 1.62. The normalized spacial score (nSPS) is 11.8. The largest absolute Gasteiger partial charge is 0.213 e. The Morgan fingerprint density at radius 3 is 2.33 bits per heavy atom. The van der Waals surface area contributed by atoms with Crippen LogP contribution in [0.2, 0.25) is 0 Å². The molecular weight excluding hydrogens is 221 g/mol. The van der Waals surface area contributed by atoms with Crippen LogP contribution in [-0.4, -0.2) is 4.98 Å². The summed E-state index contributed by atoms with van der Waals surface area (Å²) >= 11 is 3.23. The predicted octanol–water partition coefficient (Wildman–Crippen LogP) is 3.28. The number of hydrogen-bond donors (Lipinski definition) is 0. The molecular formula is C9H11BrFN. The number of rotatable bonds is 0. The van der Waals surface area contributed by atoms with Crippen molar-refractivity contribution in [3.05, 3.63) is 28.2 Å². The maximum atomic E-state index is 12.6. The van der Waals surface area contributed by atoms with Crippen molar-refractivity contribution in [1.82, 2.24) is 4.98 Å². The maximum absolute atomic E-state index is 12.6. The molecule has 0 aliphatic heterocycles. The van der Waals surface area contributed by atoms with Crippen molar-refractivity contribution >= 4 is 15.9 Å². The molecule has 0 amide bonds. The first-order valence-corrected chi connectivity index (χ1v) is 4.53. The molecule has 0 spiro atoms. The van der Waals surface area contributed by atoms with E-state index in [1.165, 1.54) is 6.07 Å². The van der Waals surface area contributed by atoms with Gasteiger partial charge in [0.1, 0.15) is 4.60 Å². The quantitative estimate of drug-likeness (QED) is 0.625. The van der Waals surface area contributed by atoms with Crippen molar-refractivity contribution in [2.24, 2.45) is 0 Å². The summed E-state index contributed by atoms with van der Waals surface area (Å²) in [6, 6.07) is 3.14. The second-order valence-electron chi connectivity index (χ2n) is 3.72. The van der Waals surface area contributed by atoms with Crippen molar-refractivity contribution < 1.29 is 4.39 Å². The van der Waals surface area contributed by atoms with E-state index in [0.29, 0.717) is 4.60 Å². The topological polar surface area (TPSA) is 12.9 Å². The molecule has 1 rings (SSSR count). The minimum atomic E-state index is -0.449. The van der Waals surface area contributed by atoms with E-state index in [4.69, 9.17) is 0 Å². The smallest absolute Gasteiger partial charge is 0.212 e. The van der Waals surface area contributed by atoms with Crippen LogP contribution < -0.4 is 0 Å². The summed E-state index contributed by atoms with van der Waals surface area (Å²) in [5.74, 6) is -0.449. The molecule has 0 aliphatic rings. The summed E-state index contributed by atoms with van der Waals surface area (Å²) in [6.45, 7) is 6.19. The van der Waals surface area contributed by atoms with E-state index in [1.807, 2.05) is 0 Å². The average Bonchev–Trinajstić information content (AvgIpc) is 1.83. The van der Waals surface area contributed by atoms with Crippen molar-refractivity contribution in [1.29, 1.82) is 0 Å². The van der Waals surface area contributed by atoms with E-state index in [-0.39, 0.29) is 5.41 Å². The lowest BCUT2D eigenvalue weighted by Crippen LogP contribution is -2.12. The lowest BCUT2D eigenvalue weighted by atomic mass is 9.88. The molecule has 0 aliphatic carbocycles. The van der Waals surface area contributed by atoms with Crippen molar-refractivity contribution in [2.45, 2.75) is 26.2 Å². The lowest BCUT2D eigenvalue weighted by molar-refractivity contribution is 0.553. The van der Waals surface area contributed by atoms with Gasteiger partial charge in [-0.05, 0) is 33.0 Å². The molecule has 1 heterocycles. The van der Waals surface area contributed by atoms with Gasteiger partial charge in [0.05, 0.1) is 0 Å². The fourth-order valence-corrected chi connectivity index (χ4v) is 1.87. The van der Waals surface area contributed by atoms with Crippen LogP contribution in [0.4, 0.5) is 4.39 Å². The first-order valence-electron chi connectivity index (χ1n) is 3.74. The Kier molecular flexibility index (Phi) is 2.52. The maximum Gasteiger partial charge on any atom is 0.213 e.